The van der Waals surface area contributed by atoms with E-state index in [9.17, 15) is 19.8 Å². The molecule has 0 saturated heterocycles. The van der Waals surface area contributed by atoms with Gasteiger partial charge in [0.2, 0.25) is 11.8 Å². The van der Waals surface area contributed by atoms with Gasteiger partial charge in [-0.3, -0.25) is 9.59 Å². The Morgan fingerprint density at radius 1 is 0.977 bits per heavy atom. The predicted molar refractivity (Wildman–Crippen MR) is 172 cm³/mol. The number of rotatable bonds is 10. The van der Waals surface area contributed by atoms with Crippen molar-refractivity contribution >= 4 is 11.8 Å². The number of fused-ring (bicyclic) bond motifs is 5. The average molecular weight is 595 g/mol. The lowest BCUT2D eigenvalue weighted by atomic mass is 9.55. The van der Waals surface area contributed by atoms with Gasteiger partial charge in [0, 0.05) is 13.0 Å². The second kappa shape index (κ2) is 13.2. The number of hydrogen-bond donors (Lipinski definition) is 4. The van der Waals surface area contributed by atoms with Crippen molar-refractivity contribution in [1.29, 1.82) is 0 Å². The van der Waals surface area contributed by atoms with E-state index >= 15 is 0 Å². The van der Waals surface area contributed by atoms with Crippen LogP contribution in [-0.2, 0) is 28.9 Å². The molecule has 3 aliphatic rings. The molecule has 2 fully saturated rings. The maximum atomic E-state index is 13.3. The van der Waals surface area contributed by atoms with Gasteiger partial charge < -0.3 is 20.8 Å². The van der Waals surface area contributed by atoms with Gasteiger partial charge in [0.05, 0.1) is 12.5 Å². The molecule has 0 spiro atoms. The third-order valence-corrected chi connectivity index (χ3v) is 11.0. The number of amides is 2. The van der Waals surface area contributed by atoms with Crippen molar-refractivity contribution in [3.63, 3.8) is 0 Å². The molecule has 1 unspecified atom stereocenters. The van der Waals surface area contributed by atoms with Gasteiger partial charge in [0.15, 0.2) is 0 Å². The minimum absolute atomic E-state index is 0.0622. The van der Waals surface area contributed by atoms with Gasteiger partial charge in [0.25, 0.3) is 0 Å². The van der Waals surface area contributed by atoms with Crippen molar-refractivity contribution in [2.75, 3.05) is 6.54 Å². The highest BCUT2D eigenvalue weighted by Gasteiger charge is 2.57. The largest absolute Gasteiger partial charge is 0.508 e. The molecule has 44 heavy (non-hydrogen) atoms. The fourth-order valence-corrected chi connectivity index (χ4v) is 8.78. The molecule has 0 bridgehead atoms. The molecule has 4 N–H and O–H groups in total. The van der Waals surface area contributed by atoms with Gasteiger partial charge in [-0.1, -0.05) is 73.7 Å². The summed E-state index contributed by atoms with van der Waals surface area (Å²) in [6.45, 7) is 2.82. The first-order chi connectivity index (χ1) is 21.3. The van der Waals surface area contributed by atoms with Crippen LogP contribution < -0.4 is 10.6 Å². The lowest BCUT2D eigenvalue weighted by molar-refractivity contribution is -0.128. The Bertz CT molecular complexity index is 1440. The van der Waals surface area contributed by atoms with Crippen molar-refractivity contribution in [2.24, 2.45) is 23.2 Å². The van der Waals surface area contributed by atoms with Crippen LogP contribution in [0.2, 0.25) is 0 Å². The number of benzene rings is 3. The van der Waals surface area contributed by atoms with Gasteiger partial charge in [-0.05, 0) is 108 Å². The molecule has 0 aliphatic heterocycles. The summed E-state index contributed by atoms with van der Waals surface area (Å²) < 4.78 is 0. The lowest BCUT2D eigenvalue weighted by Gasteiger charge is -2.50. The molecule has 0 heterocycles. The molecule has 0 radical (unpaired) electrons. The van der Waals surface area contributed by atoms with Crippen molar-refractivity contribution < 1.29 is 19.8 Å². The maximum absolute atomic E-state index is 13.3. The lowest BCUT2D eigenvalue weighted by Crippen LogP contribution is -2.48. The van der Waals surface area contributed by atoms with Crippen LogP contribution in [0.3, 0.4) is 0 Å². The highest BCUT2D eigenvalue weighted by Crippen LogP contribution is 2.62. The zero-order valence-corrected chi connectivity index (χ0v) is 25.8. The van der Waals surface area contributed by atoms with Crippen LogP contribution in [0, 0.1) is 23.2 Å². The van der Waals surface area contributed by atoms with Crippen LogP contribution in [0.4, 0.5) is 0 Å². The van der Waals surface area contributed by atoms with Crippen LogP contribution in [0.15, 0.2) is 78.9 Å². The second-order valence-electron chi connectivity index (χ2n) is 13.7. The van der Waals surface area contributed by atoms with E-state index < -0.39 is 6.04 Å². The van der Waals surface area contributed by atoms with E-state index in [1.165, 1.54) is 11.1 Å². The molecule has 3 aliphatic carbocycles. The molecule has 6 rings (SSSR count). The Kier molecular flexibility index (Phi) is 9.08. The SMILES string of the molecule is C[C@]12CC[C@@H]3c4ccc(O)cc4CC[C@H]3[C@@H]1C[C@H](CCCNC(=O)C(Cc1ccccc1)NC(=O)Cc1ccccc1)[C@@H]2O. The van der Waals surface area contributed by atoms with Crippen molar-refractivity contribution in [3.8, 4) is 5.75 Å². The number of carbonyl (C=O) groups excluding carboxylic acids is 2. The minimum atomic E-state index is -0.652. The number of carbonyl (C=O) groups is 2. The molecule has 0 aromatic heterocycles. The maximum Gasteiger partial charge on any atom is 0.242 e. The summed E-state index contributed by atoms with van der Waals surface area (Å²) in [6, 6.07) is 24.6. The summed E-state index contributed by atoms with van der Waals surface area (Å²) in [5, 5.41) is 27.6. The smallest absolute Gasteiger partial charge is 0.242 e. The number of hydrogen-bond acceptors (Lipinski definition) is 4. The molecule has 2 amide bonds. The molecule has 232 valence electrons. The summed E-state index contributed by atoms with van der Waals surface area (Å²) in [4.78, 5) is 26.2. The number of aliphatic hydroxyl groups is 1. The highest BCUT2D eigenvalue weighted by atomic mass is 16.3. The number of aryl methyl sites for hydroxylation is 1. The summed E-state index contributed by atoms with van der Waals surface area (Å²) in [7, 11) is 0. The monoisotopic (exact) mass is 594 g/mol. The van der Waals surface area contributed by atoms with E-state index in [4.69, 9.17) is 0 Å². The normalized spacial score (nSPS) is 27.8. The van der Waals surface area contributed by atoms with Gasteiger partial charge >= 0.3 is 0 Å². The van der Waals surface area contributed by atoms with E-state index in [1.54, 1.807) is 0 Å². The molecule has 3 aromatic rings. The van der Waals surface area contributed by atoms with E-state index in [0.717, 1.165) is 56.1 Å². The van der Waals surface area contributed by atoms with Crippen LogP contribution >= 0.6 is 0 Å². The van der Waals surface area contributed by atoms with Gasteiger partial charge in [0.1, 0.15) is 11.8 Å². The van der Waals surface area contributed by atoms with Crippen LogP contribution in [0.25, 0.3) is 0 Å². The quantitative estimate of drug-likeness (QED) is 0.226. The molecular weight excluding hydrogens is 548 g/mol. The fraction of sp³-hybridized carbons (Fsp3) is 0.474. The first kappa shape index (κ1) is 30.4. The van der Waals surface area contributed by atoms with Crippen LogP contribution in [-0.4, -0.2) is 40.7 Å². The topological polar surface area (TPSA) is 98.7 Å². The molecule has 2 saturated carbocycles. The number of aliphatic hydroxyl groups excluding tert-OH is 1. The van der Waals surface area contributed by atoms with Crippen LogP contribution in [0.5, 0.6) is 5.75 Å². The Balaban J connectivity index is 1.04. The standard InChI is InChI=1S/C38H46N2O4/c1-38-19-18-31-30-17-15-29(41)23-27(30)14-16-32(31)33(38)24-28(36(38)43)13-8-20-39-37(44)34(21-25-9-4-2-5-10-25)40-35(42)22-26-11-6-3-7-12-26/h2-7,9-12,15,17,23,28,31-34,36,41,43H,8,13-14,16,18-22,24H2,1H3,(H,39,44)(H,40,42)/t28-,31+,32+,33-,34?,36-,38-/m0/s1. The molecule has 7 atom stereocenters. The number of phenols is 1. The molecule has 3 aromatic carbocycles. The third-order valence-electron chi connectivity index (χ3n) is 11.0. The number of nitrogens with one attached hydrogen (secondary N) is 2. The van der Waals surface area contributed by atoms with E-state index in [2.05, 4.69) is 23.6 Å². The van der Waals surface area contributed by atoms with E-state index in [-0.39, 0.29) is 35.7 Å². The summed E-state index contributed by atoms with van der Waals surface area (Å²) >= 11 is 0. The van der Waals surface area contributed by atoms with E-state index in [0.29, 0.717) is 36.5 Å². The van der Waals surface area contributed by atoms with Crippen LogP contribution in [0.1, 0.15) is 73.6 Å². The zero-order chi connectivity index (χ0) is 30.7. The molecule has 6 nitrogen and oxygen atoms in total. The molecular formula is C38H46N2O4. The van der Waals surface area contributed by atoms with Gasteiger partial charge in [-0.2, -0.15) is 0 Å². The first-order valence-electron chi connectivity index (χ1n) is 16.5. The number of phenolic OH excluding ortho intramolecular Hbond substituents is 1. The average Bonchev–Trinajstić information content (AvgIpc) is 3.29. The zero-order valence-electron chi connectivity index (χ0n) is 25.8. The Morgan fingerprint density at radius 3 is 2.45 bits per heavy atom. The summed E-state index contributed by atoms with van der Waals surface area (Å²) in [5.74, 6) is 1.83. The molecule has 6 heteroatoms. The first-order valence-corrected chi connectivity index (χ1v) is 16.5. The Hall–Kier alpha value is -3.64. The van der Waals surface area contributed by atoms with Crippen molar-refractivity contribution in [2.45, 2.75) is 82.8 Å². The Morgan fingerprint density at radius 2 is 1.70 bits per heavy atom. The van der Waals surface area contributed by atoms with E-state index in [1.807, 2.05) is 72.8 Å². The Labute approximate surface area is 261 Å². The van der Waals surface area contributed by atoms with Crippen molar-refractivity contribution in [3.05, 3.63) is 101 Å². The second-order valence-corrected chi connectivity index (χ2v) is 13.7. The fourth-order valence-electron chi connectivity index (χ4n) is 8.78. The minimum Gasteiger partial charge on any atom is -0.508 e. The highest BCUT2D eigenvalue weighted by molar-refractivity contribution is 5.88. The van der Waals surface area contributed by atoms with Crippen molar-refractivity contribution in [1.82, 2.24) is 10.6 Å². The third kappa shape index (κ3) is 6.41. The van der Waals surface area contributed by atoms with Gasteiger partial charge in [-0.25, -0.2) is 0 Å². The summed E-state index contributed by atoms with van der Waals surface area (Å²) in [6.07, 6.45) is 7.27. The predicted octanol–water partition coefficient (Wildman–Crippen LogP) is 5.70. The number of aromatic hydroxyl groups is 1. The van der Waals surface area contributed by atoms with Gasteiger partial charge in [-0.15, -0.1) is 0 Å². The summed E-state index contributed by atoms with van der Waals surface area (Å²) in [5.41, 5.74) is 4.55.